The lowest BCUT2D eigenvalue weighted by Crippen LogP contribution is -2.25. The number of ether oxygens (including phenoxy) is 4. The fourth-order valence-corrected chi connectivity index (χ4v) is 1.72. The normalized spacial score (nSPS) is 9.74. The number of benzene rings is 1. The van der Waals surface area contributed by atoms with Crippen molar-refractivity contribution >= 4 is 6.09 Å². The number of hydrogen-bond donors (Lipinski definition) is 0. The van der Waals surface area contributed by atoms with Crippen LogP contribution >= 0.6 is 0 Å². The summed E-state index contributed by atoms with van der Waals surface area (Å²) in [7, 11) is 7.62. The van der Waals surface area contributed by atoms with E-state index in [-0.39, 0.29) is 0 Å². The van der Waals surface area contributed by atoms with Crippen molar-refractivity contribution in [3.05, 3.63) is 17.7 Å². The fourth-order valence-electron chi connectivity index (χ4n) is 1.72. The Hall–Kier alpha value is -2.11. The quantitative estimate of drug-likeness (QED) is 0.817. The lowest BCUT2D eigenvalue weighted by atomic mass is 10.1. The van der Waals surface area contributed by atoms with E-state index in [1.165, 1.54) is 12.0 Å². The van der Waals surface area contributed by atoms with Crippen LogP contribution in [-0.4, -0.2) is 46.5 Å². The van der Waals surface area contributed by atoms with Crippen LogP contribution in [0.4, 0.5) is 4.79 Å². The second-order valence-corrected chi connectivity index (χ2v) is 3.86. The van der Waals surface area contributed by atoms with Gasteiger partial charge in [-0.15, -0.1) is 0 Å². The lowest BCUT2D eigenvalue weighted by molar-refractivity contribution is 0.131. The van der Waals surface area contributed by atoms with Gasteiger partial charge in [0.1, 0.15) is 0 Å². The van der Waals surface area contributed by atoms with Gasteiger partial charge < -0.3 is 23.8 Å². The van der Waals surface area contributed by atoms with E-state index in [0.717, 1.165) is 5.56 Å². The third kappa shape index (κ3) is 3.43. The van der Waals surface area contributed by atoms with Crippen LogP contribution in [0.3, 0.4) is 0 Å². The molecule has 0 bridgehead atoms. The summed E-state index contributed by atoms with van der Waals surface area (Å²) < 4.78 is 20.4. The summed E-state index contributed by atoms with van der Waals surface area (Å²) in [5.74, 6) is 1.62. The number of rotatable bonds is 5. The van der Waals surface area contributed by atoms with Crippen LogP contribution in [0.5, 0.6) is 17.2 Å². The molecule has 0 heterocycles. The molecule has 0 N–H and O–H groups in total. The number of methoxy groups -OCH3 is 4. The molecule has 0 spiro atoms. The predicted octanol–water partition coefficient (Wildman–Crippen LogP) is 1.91. The van der Waals surface area contributed by atoms with E-state index < -0.39 is 6.09 Å². The minimum absolute atomic E-state index is 0.378. The molecule has 106 valence electrons. The molecule has 0 aliphatic heterocycles. The largest absolute Gasteiger partial charge is 0.493 e. The van der Waals surface area contributed by atoms with Gasteiger partial charge in [0, 0.05) is 13.6 Å². The molecule has 1 amide bonds. The maximum atomic E-state index is 11.4. The van der Waals surface area contributed by atoms with Gasteiger partial charge in [-0.25, -0.2) is 4.79 Å². The molecule has 6 heteroatoms. The Balaban J connectivity index is 3.06. The van der Waals surface area contributed by atoms with Gasteiger partial charge in [-0.2, -0.15) is 0 Å². The van der Waals surface area contributed by atoms with Gasteiger partial charge in [0.2, 0.25) is 5.75 Å². The van der Waals surface area contributed by atoms with Gasteiger partial charge in [-0.05, 0) is 17.7 Å². The van der Waals surface area contributed by atoms with Crippen LogP contribution in [0, 0.1) is 0 Å². The molecule has 0 atom stereocenters. The second kappa shape index (κ2) is 6.72. The molecule has 1 rings (SSSR count). The van der Waals surface area contributed by atoms with Gasteiger partial charge in [0.15, 0.2) is 11.5 Å². The van der Waals surface area contributed by atoms with E-state index in [1.807, 2.05) is 0 Å². The molecule has 0 fully saturated rings. The molecule has 0 saturated carbocycles. The summed E-state index contributed by atoms with van der Waals surface area (Å²) in [5, 5.41) is 0. The zero-order valence-electron chi connectivity index (χ0n) is 11.9. The summed E-state index contributed by atoms with van der Waals surface area (Å²) in [4.78, 5) is 12.8. The third-order valence-corrected chi connectivity index (χ3v) is 2.63. The van der Waals surface area contributed by atoms with Crippen molar-refractivity contribution in [1.29, 1.82) is 0 Å². The Morgan fingerprint density at radius 2 is 1.58 bits per heavy atom. The molecule has 1 aromatic rings. The highest BCUT2D eigenvalue weighted by molar-refractivity contribution is 5.67. The van der Waals surface area contributed by atoms with Crippen molar-refractivity contribution in [1.82, 2.24) is 4.90 Å². The zero-order chi connectivity index (χ0) is 14.4. The van der Waals surface area contributed by atoms with E-state index >= 15 is 0 Å². The zero-order valence-corrected chi connectivity index (χ0v) is 11.9. The maximum Gasteiger partial charge on any atom is 0.409 e. The number of hydrogen-bond acceptors (Lipinski definition) is 5. The van der Waals surface area contributed by atoms with Crippen molar-refractivity contribution in [3.63, 3.8) is 0 Å². The summed E-state index contributed by atoms with van der Waals surface area (Å²) in [6, 6.07) is 3.58. The molecule has 0 unspecified atom stereocenters. The smallest absolute Gasteiger partial charge is 0.409 e. The number of amides is 1. The topological polar surface area (TPSA) is 57.2 Å². The standard InChI is InChI=1S/C13H19NO5/c1-14(13(15)19-5)8-9-6-10(16-2)12(18-4)11(7-9)17-3/h6-7H,8H2,1-5H3. The van der Waals surface area contributed by atoms with E-state index in [1.54, 1.807) is 40.5 Å². The van der Waals surface area contributed by atoms with Crippen LogP contribution in [-0.2, 0) is 11.3 Å². The molecule has 0 aromatic heterocycles. The molecule has 0 radical (unpaired) electrons. The van der Waals surface area contributed by atoms with Gasteiger partial charge in [-0.1, -0.05) is 0 Å². The van der Waals surface area contributed by atoms with Gasteiger partial charge in [0.05, 0.1) is 28.4 Å². The Morgan fingerprint density at radius 3 is 1.95 bits per heavy atom. The van der Waals surface area contributed by atoms with Crippen molar-refractivity contribution in [2.75, 3.05) is 35.5 Å². The first kappa shape index (κ1) is 14.9. The molecule has 1 aromatic carbocycles. The average molecular weight is 269 g/mol. The van der Waals surface area contributed by atoms with Crippen molar-refractivity contribution in [2.45, 2.75) is 6.54 Å². The number of carbonyl (C=O) groups excluding carboxylic acids is 1. The van der Waals surface area contributed by atoms with E-state index in [0.29, 0.717) is 23.8 Å². The Morgan fingerprint density at radius 1 is 1.05 bits per heavy atom. The summed E-state index contributed by atoms with van der Waals surface area (Å²) >= 11 is 0. The Labute approximate surface area is 112 Å². The first-order valence-corrected chi connectivity index (χ1v) is 5.65. The number of nitrogens with zero attached hydrogens (tertiary/aromatic N) is 1. The van der Waals surface area contributed by atoms with E-state index in [2.05, 4.69) is 4.74 Å². The Bertz CT molecular complexity index is 422. The van der Waals surface area contributed by atoms with E-state index in [4.69, 9.17) is 14.2 Å². The van der Waals surface area contributed by atoms with Gasteiger partial charge in [-0.3, -0.25) is 0 Å². The maximum absolute atomic E-state index is 11.4. The second-order valence-electron chi connectivity index (χ2n) is 3.86. The first-order valence-electron chi connectivity index (χ1n) is 5.65. The number of carbonyl (C=O) groups is 1. The molecular weight excluding hydrogens is 250 g/mol. The lowest BCUT2D eigenvalue weighted by Gasteiger charge is -2.18. The van der Waals surface area contributed by atoms with Gasteiger partial charge in [0.25, 0.3) is 0 Å². The van der Waals surface area contributed by atoms with Crippen molar-refractivity contribution in [3.8, 4) is 17.2 Å². The van der Waals surface area contributed by atoms with Crippen LogP contribution in [0.25, 0.3) is 0 Å². The van der Waals surface area contributed by atoms with Gasteiger partial charge >= 0.3 is 6.09 Å². The van der Waals surface area contributed by atoms with Crippen LogP contribution < -0.4 is 14.2 Å². The molecule has 0 saturated heterocycles. The average Bonchev–Trinajstić information content (AvgIpc) is 2.44. The molecule has 0 aliphatic rings. The minimum atomic E-state index is -0.409. The first-order chi connectivity index (χ1) is 9.07. The highest BCUT2D eigenvalue weighted by Crippen LogP contribution is 2.38. The minimum Gasteiger partial charge on any atom is -0.493 e. The van der Waals surface area contributed by atoms with Crippen molar-refractivity contribution in [2.24, 2.45) is 0 Å². The van der Waals surface area contributed by atoms with Crippen LogP contribution in [0.15, 0.2) is 12.1 Å². The van der Waals surface area contributed by atoms with Crippen LogP contribution in [0.2, 0.25) is 0 Å². The highest BCUT2D eigenvalue weighted by atomic mass is 16.5. The van der Waals surface area contributed by atoms with E-state index in [9.17, 15) is 4.79 Å². The van der Waals surface area contributed by atoms with Crippen molar-refractivity contribution < 1.29 is 23.7 Å². The Kier molecular flexibility index (Phi) is 5.29. The monoisotopic (exact) mass is 269 g/mol. The summed E-state index contributed by atoms with van der Waals surface area (Å²) in [5.41, 5.74) is 0.849. The molecule has 19 heavy (non-hydrogen) atoms. The molecule has 0 aliphatic carbocycles. The summed E-state index contributed by atoms with van der Waals surface area (Å²) in [6.07, 6.45) is -0.409. The molecule has 6 nitrogen and oxygen atoms in total. The molecular formula is C13H19NO5. The highest BCUT2D eigenvalue weighted by Gasteiger charge is 2.15. The fraction of sp³-hybridized carbons (Fsp3) is 0.462. The third-order valence-electron chi connectivity index (χ3n) is 2.63. The predicted molar refractivity (Wildman–Crippen MR) is 70.0 cm³/mol. The SMILES string of the molecule is COC(=O)N(C)Cc1cc(OC)c(OC)c(OC)c1. The summed E-state index contributed by atoms with van der Waals surface area (Å²) in [6.45, 7) is 0.378. The van der Waals surface area contributed by atoms with Crippen LogP contribution in [0.1, 0.15) is 5.56 Å².